The molecular formula is C9H22N2. The molecular weight excluding hydrogens is 136 g/mol. The van der Waals surface area contributed by atoms with Gasteiger partial charge in [0, 0.05) is 0 Å². The van der Waals surface area contributed by atoms with Gasteiger partial charge in [-0.3, -0.25) is 0 Å². The fraction of sp³-hybridized carbons (Fsp3) is 1.00. The van der Waals surface area contributed by atoms with Crippen LogP contribution < -0.4 is 11.1 Å². The summed E-state index contributed by atoms with van der Waals surface area (Å²) in [5, 5.41) is 3.41. The van der Waals surface area contributed by atoms with Gasteiger partial charge in [-0.05, 0) is 32.0 Å². The van der Waals surface area contributed by atoms with Crippen LogP contribution in [0, 0.1) is 5.92 Å². The molecule has 0 spiro atoms. The van der Waals surface area contributed by atoms with Crippen molar-refractivity contribution in [3.63, 3.8) is 0 Å². The molecule has 2 nitrogen and oxygen atoms in total. The molecule has 68 valence electrons. The maximum Gasteiger partial charge on any atom is -0.00207 e. The third kappa shape index (κ3) is 6.32. The minimum absolute atomic E-state index is 0.802. The molecule has 0 bridgehead atoms. The van der Waals surface area contributed by atoms with E-state index >= 15 is 0 Å². The van der Waals surface area contributed by atoms with Crippen LogP contribution in [0.4, 0.5) is 0 Å². The molecule has 0 heterocycles. The van der Waals surface area contributed by atoms with Crippen LogP contribution in [0.15, 0.2) is 0 Å². The second kappa shape index (κ2) is 8.02. The van der Waals surface area contributed by atoms with Crippen LogP contribution in [0.25, 0.3) is 0 Å². The summed E-state index contributed by atoms with van der Waals surface area (Å²) in [5.74, 6) is 0.854. The molecule has 0 fully saturated rings. The van der Waals surface area contributed by atoms with Crippen molar-refractivity contribution in [1.29, 1.82) is 0 Å². The van der Waals surface area contributed by atoms with Gasteiger partial charge in [0.2, 0.25) is 0 Å². The number of rotatable bonds is 7. The predicted octanol–water partition coefficient (Wildman–Crippen LogP) is 1.36. The van der Waals surface area contributed by atoms with Crippen molar-refractivity contribution in [2.75, 3.05) is 19.6 Å². The zero-order chi connectivity index (χ0) is 8.53. The normalized spacial score (nSPS) is 10.9. The van der Waals surface area contributed by atoms with E-state index in [9.17, 15) is 0 Å². The van der Waals surface area contributed by atoms with E-state index in [1.807, 2.05) is 0 Å². The number of hydrogen-bond acceptors (Lipinski definition) is 2. The van der Waals surface area contributed by atoms with E-state index in [-0.39, 0.29) is 0 Å². The molecule has 0 amide bonds. The van der Waals surface area contributed by atoms with Crippen molar-refractivity contribution in [1.82, 2.24) is 5.32 Å². The van der Waals surface area contributed by atoms with Crippen LogP contribution in [-0.2, 0) is 0 Å². The summed E-state index contributed by atoms with van der Waals surface area (Å²) in [6.07, 6.45) is 3.67. The molecule has 2 heteroatoms. The Balaban J connectivity index is 3.07. The Morgan fingerprint density at radius 2 is 1.91 bits per heavy atom. The van der Waals surface area contributed by atoms with Crippen LogP contribution in [0.5, 0.6) is 0 Å². The quantitative estimate of drug-likeness (QED) is 0.549. The van der Waals surface area contributed by atoms with Crippen LogP contribution in [0.2, 0.25) is 0 Å². The van der Waals surface area contributed by atoms with Gasteiger partial charge >= 0.3 is 0 Å². The summed E-state index contributed by atoms with van der Waals surface area (Å²) in [6, 6.07) is 0. The van der Waals surface area contributed by atoms with Gasteiger partial charge in [-0.1, -0.05) is 26.7 Å². The molecule has 0 aliphatic carbocycles. The lowest BCUT2D eigenvalue weighted by atomic mass is 10.0. The van der Waals surface area contributed by atoms with Crippen LogP contribution in [0.1, 0.15) is 33.1 Å². The molecule has 0 aromatic heterocycles. The lowest BCUT2D eigenvalue weighted by Crippen LogP contribution is -2.24. The van der Waals surface area contributed by atoms with Gasteiger partial charge in [-0.2, -0.15) is 0 Å². The molecule has 11 heavy (non-hydrogen) atoms. The average molecular weight is 158 g/mol. The van der Waals surface area contributed by atoms with Crippen LogP contribution >= 0.6 is 0 Å². The van der Waals surface area contributed by atoms with E-state index in [1.54, 1.807) is 0 Å². The lowest BCUT2D eigenvalue weighted by molar-refractivity contribution is 0.449. The van der Waals surface area contributed by atoms with Crippen molar-refractivity contribution >= 4 is 0 Å². The minimum Gasteiger partial charge on any atom is -0.330 e. The first-order valence-electron chi connectivity index (χ1n) is 4.75. The zero-order valence-corrected chi connectivity index (χ0v) is 7.90. The van der Waals surface area contributed by atoms with E-state index in [1.165, 1.54) is 12.8 Å². The molecule has 0 unspecified atom stereocenters. The monoisotopic (exact) mass is 158 g/mol. The van der Waals surface area contributed by atoms with E-state index in [0.717, 1.165) is 32.0 Å². The van der Waals surface area contributed by atoms with Gasteiger partial charge in [0.05, 0.1) is 0 Å². The number of nitrogens with two attached hydrogens (primary N) is 1. The molecule has 0 aliphatic heterocycles. The van der Waals surface area contributed by atoms with Gasteiger partial charge in [0.15, 0.2) is 0 Å². The largest absolute Gasteiger partial charge is 0.330 e. The molecule has 0 radical (unpaired) electrons. The predicted molar refractivity (Wildman–Crippen MR) is 50.6 cm³/mol. The molecule has 0 saturated carbocycles. The van der Waals surface area contributed by atoms with Crippen LogP contribution in [-0.4, -0.2) is 19.6 Å². The molecule has 0 saturated heterocycles. The van der Waals surface area contributed by atoms with E-state index in [0.29, 0.717) is 0 Å². The number of hydrogen-bond donors (Lipinski definition) is 2. The second-order valence-corrected chi connectivity index (χ2v) is 3.03. The van der Waals surface area contributed by atoms with Gasteiger partial charge in [0.1, 0.15) is 0 Å². The highest BCUT2D eigenvalue weighted by Crippen LogP contribution is 2.04. The van der Waals surface area contributed by atoms with Crippen molar-refractivity contribution in [3.05, 3.63) is 0 Å². The second-order valence-electron chi connectivity index (χ2n) is 3.03. The smallest absolute Gasteiger partial charge is 0.00207 e. The van der Waals surface area contributed by atoms with E-state index in [2.05, 4.69) is 19.2 Å². The molecule has 0 aliphatic rings. The Morgan fingerprint density at radius 3 is 2.36 bits per heavy atom. The lowest BCUT2D eigenvalue weighted by Gasteiger charge is -2.12. The Hall–Kier alpha value is -0.0800. The third-order valence-electron chi connectivity index (χ3n) is 2.15. The van der Waals surface area contributed by atoms with Gasteiger partial charge < -0.3 is 11.1 Å². The Labute approximate surface area is 70.5 Å². The van der Waals surface area contributed by atoms with E-state index < -0.39 is 0 Å². The first-order valence-corrected chi connectivity index (χ1v) is 4.75. The fourth-order valence-electron chi connectivity index (χ4n) is 1.11. The SMILES string of the molecule is CCC(CC)CNCCCN. The van der Waals surface area contributed by atoms with Crippen molar-refractivity contribution in [2.45, 2.75) is 33.1 Å². The highest BCUT2D eigenvalue weighted by atomic mass is 14.9. The highest BCUT2D eigenvalue weighted by molar-refractivity contribution is 4.58. The van der Waals surface area contributed by atoms with Crippen molar-refractivity contribution in [3.8, 4) is 0 Å². The molecule has 0 rings (SSSR count). The number of nitrogens with one attached hydrogen (secondary N) is 1. The minimum atomic E-state index is 0.802. The topological polar surface area (TPSA) is 38.0 Å². The summed E-state index contributed by atoms with van der Waals surface area (Å²) in [4.78, 5) is 0. The Kier molecular flexibility index (Phi) is 7.96. The summed E-state index contributed by atoms with van der Waals surface area (Å²) in [6.45, 7) is 7.54. The summed E-state index contributed by atoms with van der Waals surface area (Å²) >= 11 is 0. The third-order valence-corrected chi connectivity index (χ3v) is 2.15. The van der Waals surface area contributed by atoms with E-state index in [4.69, 9.17) is 5.73 Å². The Bertz CT molecular complexity index is 70.0. The maximum atomic E-state index is 5.37. The van der Waals surface area contributed by atoms with Crippen LogP contribution in [0.3, 0.4) is 0 Å². The van der Waals surface area contributed by atoms with Crippen molar-refractivity contribution in [2.24, 2.45) is 11.7 Å². The highest BCUT2D eigenvalue weighted by Gasteiger charge is 2.00. The summed E-state index contributed by atoms with van der Waals surface area (Å²) < 4.78 is 0. The van der Waals surface area contributed by atoms with Gasteiger partial charge in [-0.15, -0.1) is 0 Å². The first kappa shape index (κ1) is 10.9. The first-order chi connectivity index (χ1) is 5.35. The summed E-state index contributed by atoms with van der Waals surface area (Å²) in [5.41, 5.74) is 5.37. The molecule has 0 aromatic rings. The Morgan fingerprint density at radius 1 is 1.27 bits per heavy atom. The maximum absolute atomic E-state index is 5.37. The molecule has 3 N–H and O–H groups in total. The fourth-order valence-corrected chi connectivity index (χ4v) is 1.11. The zero-order valence-electron chi connectivity index (χ0n) is 7.90. The van der Waals surface area contributed by atoms with Gasteiger partial charge in [0.25, 0.3) is 0 Å². The standard InChI is InChI=1S/C9H22N2/c1-3-9(4-2)8-11-7-5-6-10/h9,11H,3-8,10H2,1-2H3. The average Bonchev–Trinajstić information content (AvgIpc) is 2.05. The molecule has 0 atom stereocenters. The van der Waals surface area contributed by atoms with Crippen molar-refractivity contribution < 1.29 is 0 Å². The van der Waals surface area contributed by atoms with Gasteiger partial charge in [-0.25, -0.2) is 0 Å². The molecule has 0 aromatic carbocycles. The summed E-state index contributed by atoms with van der Waals surface area (Å²) in [7, 11) is 0.